The Kier molecular flexibility index (Phi) is 4.69. The van der Waals surface area contributed by atoms with Crippen molar-refractivity contribution in [3.8, 4) is 6.07 Å². The molecule has 11 heteroatoms. The van der Waals surface area contributed by atoms with Gasteiger partial charge in [0.25, 0.3) is 5.56 Å². The molecule has 4 aromatic heterocycles. The smallest absolute Gasteiger partial charge is 0.263 e. The van der Waals surface area contributed by atoms with E-state index in [1.54, 1.807) is 17.1 Å². The molecule has 0 spiro atoms. The van der Waals surface area contributed by atoms with Gasteiger partial charge in [-0.1, -0.05) is 0 Å². The number of aromatic nitrogens is 8. The standard InChI is InChI=1S/C23H20FN9O/c1-11(13-7-26-19(27-8-13)12-2-3-12)33-22-18(17(6-25)32-33)23(34)31-21(30-22)16-5-4-15(16)20-28-9-14(24)10-29-20/h7-12,15-16H,2-5H2,1H3,(H,30,31,34)/t11-,15+,16+/m0/s1. The second-order valence-electron chi connectivity index (χ2n) is 8.93. The molecule has 0 saturated heterocycles. The first-order valence-electron chi connectivity index (χ1n) is 11.2. The fraction of sp³-hybridized carbons (Fsp3) is 0.391. The molecule has 0 radical (unpaired) electrons. The third kappa shape index (κ3) is 3.34. The minimum Gasteiger partial charge on any atom is -0.310 e. The first-order valence-corrected chi connectivity index (χ1v) is 11.2. The van der Waals surface area contributed by atoms with E-state index in [4.69, 9.17) is 4.98 Å². The summed E-state index contributed by atoms with van der Waals surface area (Å²) in [5.74, 6) is 1.61. The Bertz CT molecular complexity index is 1480. The van der Waals surface area contributed by atoms with E-state index in [9.17, 15) is 14.4 Å². The average molecular weight is 457 g/mol. The Labute approximate surface area is 193 Å². The van der Waals surface area contributed by atoms with E-state index >= 15 is 0 Å². The van der Waals surface area contributed by atoms with Crippen molar-refractivity contribution in [3.05, 3.63) is 69.7 Å². The number of rotatable bonds is 5. The maximum atomic E-state index is 13.3. The zero-order chi connectivity index (χ0) is 23.4. The maximum Gasteiger partial charge on any atom is 0.263 e. The highest BCUT2D eigenvalue weighted by molar-refractivity contribution is 5.80. The van der Waals surface area contributed by atoms with Crippen molar-refractivity contribution in [2.24, 2.45) is 0 Å². The van der Waals surface area contributed by atoms with Gasteiger partial charge in [-0.25, -0.2) is 34.0 Å². The fourth-order valence-electron chi connectivity index (χ4n) is 4.49. The van der Waals surface area contributed by atoms with Crippen molar-refractivity contribution < 1.29 is 4.39 Å². The van der Waals surface area contributed by atoms with Gasteiger partial charge in [0.15, 0.2) is 17.2 Å². The van der Waals surface area contributed by atoms with Crippen LogP contribution in [0.15, 0.2) is 29.6 Å². The van der Waals surface area contributed by atoms with Crippen LogP contribution in [0.25, 0.3) is 11.0 Å². The second kappa shape index (κ2) is 7.76. The van der Waals surface area contributed by atoms with E-state index in [2.05, 4.69) is 30.0 Å². The van der Waals surface area contributed by atoms with Gasteiger partial charge in [0.1, 0.15) is 28.9 Å². The number of nitriles is 1. The molecule has 0 bridgehead atoms. The summed E-state index contributed by atoms with van der Waals surface area (Å²) >= 11 is 0. The SMILES string of the molecule is C[C@@H](c1cnc(C2CC2)nc1)n1nc(C#N)c2c(=O)[nH]c([C@@H]3CC[C@H]3c3ncc(F)cn3)nc21. The van der Waals surface area contributed by atoms with Gasteiger partial charge >= 0.3 is 0 Å². The van der Waals surface area contributed by atoms with Gasteiger partial charge < -0.3 is 4.98 Å². The molecule has 2 aliphatic carbocycles. The average Bonchev–Trinajstić information content (AvgIpc) is 3.60. The maximum absolute atomic E-state index is 13.3. The fourth-order valence-corrected chi connectivity index (χ4v) is 4.49. The zero-order valence-electron chi connectivity index (χ0n) is 18.3. The van der Waals surface area contributed by atoms with Gasteiger partial charge in [0.2, 0.25) is 0 Å². The lowest BCUT2D eigenvalue weighted by Crippen LogP contribution is -2.28. The summed E-state index contributed by atoms with van der Waals surface area (Å²) in [5, 5.41) is 14.2. The number of aromatic amines is 1. The number of nitrogens with zero attached hydrogens (tertiary/aromatic N) is 8. The normalized spacial score (nSPS) is 20.6. The molecule has 0 aliphatic heterocycles. The third-order valence-corrected chi connectivity index (χ3v) is 6.77. The lowest BCUT2D eigenvalue weighted by atomic mass is 9.72. The largest absolute Gasteiger partial charge is 0.310 e. The Hall–Kier alpha value is -4.07. The second-order valence-corrected chi connectivity index (χ2v) is 8.93. The van der Waals surface area contributed by atoms with Crippen LogP contribution in [-0.2, 0) is 0 Å². The van der Waals surface area contributed by atoms with Crippen LogP contribution in [0.3, 0.4) is 0 Å². The van der Waals surface area contributed by atoms with Crippen molar-refractivity contribution in [2.75, 3.05) is 0 Å². The molecule has 1 N–H and O–H groups in total. The van der Waals surface area contributed by atoms with Gasteiger partial charge in [-0.05, 0) is 32.6 Å². The van der Waals surface area contributed by atoms with Crippen LogP contribution >= 0.6 is 0 Å². The van der Waals surface area contributed by atoms with Crippen molar-refractivity contribution in [2.45, 2.75) is 56.4 Å². The van der Waals surface area contributed by atoms with E-state index < -0.39 is 11.4 Å². The number of hydrogen-bond acceptors (Lipinski definition) is 8. The summed E-state index contributed by atoms with van der Waals surface area (Å²) in [6, 6.07) is 1.67. The van der Waals surface area contributed by atoms with Crippen LogP contribution in [0.5, 0.6) is 0 Å². The van der Waals surface area contributed by atoms with Crippen LogP contribution in [0.2, 0.25) is 0 Å². The third-order valence-electron chi connectivity index (χ3n) is 6.77. The van der Waals surface area contributed by atoms with Gasteiger partial charge in [0.05, 0.1) is 18.4 Å². The highest BCUT2D eigenvalue weighted by Gasteiger charge is 2.38. The Morgan fingerprint density at radius 3 is 2.35 bits per heavy atom. The Morgan fingerprint density at radius 1 is 1.06 bits per heavy atom. The minimum atomic E-state index is -0.497. The van der Waals surface area contributed by atoms with Gasteiger partial charge in [-0.2, -0.15) is 10.4 Å². The number of fused-ring (bicyclic) bond motifs is 1. The lowest BCUT2D eigenvalue weighted by Gasteiger charge is -2.34. The number of halogens is 1. The Morgan fingerprint density at radius 2 is 1.74 bits per heavy atom. The van der Waals surface area contributed by atoms with E-state index in [-0.39, 0.29) is 29.0 Å². The summed E-state index contributed by atoms with van der Waals surface area (Å²) in [6.07, 6.45) is 9.65. The van der Waals surface area contributed by atoms with E-state index in [1.807, 2.05) is 13.0 Å². The molecule has 2 fully saturated rings. The highest BCUT2D eigenvalue weighted by atomic mass is 19.1. The molecule has 2 aliphatic rings. The molecule has 4 aromatic rings. The highest BCUT2D eigenvalue weighted by Crippen LogP contribution is 2.46. The number of hydrogen-bond donors (Lipinski definition) is 1. The molecule has 2 saturated carbocycles. The minimum absolute atomic E-state index is 0.0182. The van der Waals surface area contributed by atoms with Crippen molar-refractivity contribution in [1.82, 2.24) is 39.7 Å². The van der Waals surface area contributed by atoms with E-state index in [1.165, 1.54) is 0 Å². The first kappa shape index (κ1) is 20.5. The molecule has 0 aromatic carbocycles. The Balaban J connectivity index is 1.40. The van der Waals surface area contributed by atoms with Crippen LogP contribution in [-0.4, -0.2) is 39.7 Å². The predicted molar refractivity (Wildman–Crippen MR) is 117 cm³/mol. The molecule has 3 atom stereocenters. The van der Waals surface area contributed by atoms with Gasteiger partial charge in [-0.15, -0.1) is 0 Å². The van der Waals surface area contributed by atoms with Gasteiger partial charge in [0, 0.05) is 35.7 Å². The summed E-state index contributed by atoms with van der Waals surface area (Å²) in [7, 11) is 0. The predicted octanol–water partition coefficient (Wildman–Crippen LogP) is 2.86. The summed E-state index contributed by atoms with van der Waals surface area (Å²) in [5.41, 5.74) is 0.744. The van der Waals surface area contributed by atoms with Crippen molar-refractivity contribution in [1.29, 1.82) is 5.26 Å². The van der Waals surface area contributed by atoms with E-state index in [0.29, 0.717) is 23.2 Å². The molecular formula is C23H20FN9O. The molecule has 6 rings (SSSR count). The van der Waals surface area contributed by atoms with Crippen LogP contribution < -0.4 is 5.56 Å². The van der Waals surface area contributed by atoms with Crippen molar-refractivity contribution in [3.63, 3.8) is 0 Å². The zero-order valence-corrected chi connectivity index (χ0v) is 18.3. The molecule has 34 heavy (non-hydrogen) atoms. The van der Waals surface area contributed by atoms with Gasteiger partial charge in [-0.3, -0.25) is 4.79 Å². The summed E-state index contributed by atoms with van der Waals surface area (Å²) in [4.78, 5) is 37.8. The van der Waals surface area contributed by atoms with Crippen LogP contribution in [0.1, 0.15) is 85.1 Å². The topological polar surface area (TPSA) is 139 Å². The lowest BCUT2D eigenvalue weighted by molar-refractivity contribution is 0.318. The first-order chi connectivity index (χ1) is 16.5. The molecular weight excluding hydrogens is 437 g/mol. The van der Waals surface area contributed by atoms with Crippen molar-refractivity contribution >= 4 is 11.0 Å². The number of H-pyrrole nitrogens is 1. The molecule has 10 nitrogen and oxygen atoms in total. The molecule has 0 unspecified atom stereocenters. The summed E-state index contributed by atoms with van der Waals surface area (Å²) < 4.78 is 14.8. The summed E-state index contributed by atoms with van der Waals surface area (Å²) in [6.45, 7) is 1.91. The number of nitrogens with one attached hydrogen (secondary N) is 1. The van der Waals surface area contributed by atoms with Crippen LogP contribution in [0.4, 0.5) is 4.39 Å². The molecule has 4 heterocycles. The monoisotopic (exact) mass is 457 g/mol. The quantitative estimate of drug-likeness (QED) is 0.483. The van der Waals surface area contributed by atoms with Crippen LogP contribution in [0, 0.1) is 17.1 Å². The van der Waals surface area contributed by atoms with E-state index in [0.717, 1.165) is 49.5 Å². The molecule has 0 amide bonds. The molecule has 170 valence electrons.